The number of carbonyl (C=O) groups is 1. The number of rotatable bonds is 4. The standard InChI is InChI=1S/C17H30N4O2/c1-12-11-20(5)10-9-13(12)21(6)15(22)8-7-14-18-16(19-23-14)17(2,3)4/h12-13H,7-11H2,1-6H3. The van der Waals surface area contributed by atoms with Gasteiger partial charge in [-0.3, -0.25) is 4.79 Å². The van der Waals surface area contributed by atoms with E-state index in [9.17, 15) is 4.79 Å². The molecule has 1 saturated heterocycles. The van der Waals surface area contributed by atoms with Crippen molar-refractivity contribution >= 4 is 5.91 Å². The minimum absolute atomic E-state index is 0.133. The predicted octanol–water partition coefficient (Wildman–Crippen LogP) is 2.10. The lowest BCUT2D eigenvalue weighted by molar-refractivity contribution is -0.134. The lowest BCUT2D eigenvalue weighted by Crippen LogP contribution is -2.49. The molecule has 1 aromatic rings. The second-order valence-electron chi connectivity index (χ2n) is 7.86. The second-order valence-corrected chi connectivity index (χ2v) is 7.86. The van der Waals surface area contributed by atoms with Gasteiger partial charge < -0.3 is 14.3 Å². The van der Waals surface area contributed by atoms with Gasteiger partial charge in [0.05, 0.1) is 0 Å². The Hall–Kier alpha value is -1.43. The molecule has 2 heterocycles. The molecule has 0 aromatic carbocycles. The number of amides is 1. The van der Waals surface area contributed by atoms with Gasteiger partial charge in [0.15, 0.2) is 5.82 Å². The Kier molecular flexibility index (Phi) is 5.45. The molecule has 2 unspecified atom stereocenters. The lowest BCUT2D eigenvalue weighted by atomic mass is 9.93. The van der Waals surface area contributed by atoms with Crippen LogP contribution in [0.25, 0.3) is 0 Å². The van der Waals surface area contributed by atoms with Crippen molar-refractivity contribution in [2.75, 3.05) is 27.2 Å². The third kappa shape index (κ3) is 4.53. The molecule has 0 saturated carbocycles. The highest BCUT2D eigenvalue weighted by Crippen LogP contribution is 2.22. The highest BCUT2D eigenvalue weighted by Gasteiger charge is 2.30. The normalized spacial score (nSPS) is 23.0. The van der Waals surface area contributed by atoms with Crippen LogP contribution >= 0.6 is 0 Å². The molecule has 0 aliphatic carbocycles. The summed E-state index contributed by atoms with van der Waals surface area (Å²) in [6.07, 6.45) is 1.96. The van der Waals surface area contributed by atoms with Crippen LogP contribution in [0.5, 0.6) is 0 Å². The van der Waals surface area contributed by atoms with Crippen molar-refractivity contribution in [1.82, 2.24) is 19.9 Å². The van der Waals surface area contributed by atoms with E-state index in [1.54, 1.807) is 0 Å². The molecule has 6 nitrogen and oxygen atoms in total. The van der Waals surface area contributed by atoms with Crippen LogP contribution in [0.2, 0.25) is 0 Å². The Morgan fingerprint density at radius 1 is 1.43 bits per heavy atom. The topological polar surface area (TPSA) is 62.5 Å². The smallest absolute Gasteiger partial charge is 0.227 e. The number of carbonyl (C=O) groups excluding carboxylic acids is 1. The molecule has 0 radical (unpaired) electrons. The van der Waals surface area contributed by atoms with E-state index in [1.807, 2.05) is 32.7 Å². The molecule has 1 amide bonds. The zero-order valence-electron chi connectivity index (χ0n) is 15.3. The van der Waals surface area contributed by atoms with Gasteiger partial charge in [-0.05, 0) is 25.9 Å². The number of nitrogens with zero attached hydrogens (tertiary/aromatic N) is 4. The van der Waals surface area contributed by atoms with Gasteiger partial charge in [0.1, 0.15) is 0 Å². The van der Waals surface area contributed by atoms with Crippen molar-refractivity contribution in [1.29, 1.82) is 0 Å². The van der Waals surface area contributed by atoms with E-state index in [4.69, 9.17) is 4.52 Å². The summed E-state index contributed by atoms with van der Waals surface area (Å²) in [7, 11) is 4.06. The molecule has 23 heavy (non-hydrogen) atoms. The van der Waals surface area contributed by atoms with Gasteiger partial charge in [-0.2, -0.15) is 4.98 Å². The molecule has 2 rings (SSSR count). The summed E-state index contributed by atoms with van der Waals surface area (Å²) in [4.78, 5) is 21.1. The van der Waals surface area contributed by atoms with E-state index in [-0.39, 0.29) is 11.3 Å². The average molecular weight is 322 g/mol. The zero-order chi connectivity index (χ0) is 17.2. The third-order valence-corrected chi connectivity index (χ3v) is 4.65. The van der Waals surface area contributed by atoms with Gasteiger partial charge in [-0.25, -0.2) is 0 Å². The first-order valence-corrected chi connectivity index (χ1v) is 8.45. The molecule has 130 valence electrons. The fraction of sp³-hybridized carbons (Fsp3) is 0.824. The first kappa shape index (κ1) is 17.9. The third-order valence-electron chi connectivity index (χ3n) is 4.65. The number of aromatic nitrogens is 2. The van der Waals surface area contributed by atoms with Crippen LogP contribution in [-0.2, 0) is 16.6 Å². The Morgan fingerprint density at radius 2 is 2.13 bits per heavy atom. The number of hydrogen-bond acceptors (Lipinski definition) is 5. The summed E-state index contributed by atoms with van der Waals surface area (Å²) >= 11 is 0. The van der Waals surface area contributed by atoms with E-state index in [0.717, 1.165) is 19.5 Å². The minimum atomic E-state index is -0.133. The largest absolute Gasteiger partial charge is 0.342 e. The van der Waals surface area contributed by atoms with Crippen LogP contribution in [-0.4, -0.2) is 59.1 Å². The number of hydrogen-bond donors (Lipinski definition) is 0. The number of aryl methyl sites for hydroxylation is 1. The summed E-state index contributed by atoms with van der Waals surface area (Å²) in [5.41, 5.74) is -0.133. The average Bonchev–Trinajstić information content (AvgIpc) is 2.93. The van der Waals surface area contributed by atoms with Crippen LogP contribution in [0.15, 0.2) is 4.52 Å². The van der Waals surface area contributed by atoms with Gasteiger partial charge in [0, 0.05) is 37.9 Å². The van der Waals surface area contributed by atoms with E-state index in [1.165, 1.54) is 0 Å². The molecule has 0 N–H and O–H groups in total. The molecular weight excluding hydrogens is 292 g/mol. The number of likely N-dealkylation sites (tertiary alicyclic amines) is 1. The van der Waals surface area contributed by atoms with Crippen molar-refractivity contribution < 1.29 is 9.32 Å². The fourth-order valence-corrected chi connectivity index (χ4v) is 3.15. The van der Waals surface area contributed by atoms with Crippen LogP contribution in [0, 0.1) is 5.92 Å². The van der Waals surface area contributed by atoms with Crippen LogP contribution in [0.4, 0.5) is 0 Å². The quantitative estimate of drug-likeness (QED) is 0.849. The molecule has 1 aliphatic heterocycles. The van der Waals surface area contributed by atoms with Crippen LogP contribution in [0.3, 0.4) is 0 Å². The molecule has 0 spiro atoms. The SMILES string of the molecule is CC1CN(C)CCC1N(C)C(=O)CCc1nc(C(C)(C)C)no1. The molecule has 2 atom stereocenters. The Balaban J connectivity index is 1.88. The van der Waals surface area contributed by atoms with Crippen molar-refractivity contribution in [3.63, 3.8) is 0 Å². The van der Waals surface area contributed by atoms with Crippen molar-refractivity contribution in [2.24, 2.45) is 5.92 Å². The highest BCUT2D eigenvalue weighted by atomic mass is 16.5. The van der Waals surface area contributed by atoms with Gasteiger partial charge in [-0.1, -0.05) is 32.9 Å². The van der Waals surface area contributed by atoms with Crippen LogP contribution < -0.4 is 0 Å². The Bertz CT molecular complexity index is 535. The predicted molar refractivity (Wildman–Crippen MR) is 89.2 cm³/mol. The maximum atomic E-state index is 12.5. The van der Waals surface area contributed by atoms with E-state index < -0.39 is 0 Å². The first-order valence-electron chi connectivity index (χ1n) is 8.45. The minimum Gasteiger partial charge on any atom is -0.342 e. The van der Waals surface area contributed by atoms with E-state index >= 15 is 0 Å². The molecule has 1 aromatic heterocycles. The van der Waals surface area contributed by atoms with Crippen molar-refractivity contribution in [3.05, 3.63) is 11.7 Å². The van der Waals surface area contributed by atoms with Crippen molar-refractivity contribution in [3.8, 4) is 0 Å². The summed E-state index contributed by atoms with van der Waals surface area (Å²) in [6, 6.07) is 0.325. The van der Waals surface area contributed by atoms with Gasteiger partial charge in [0.25, 0.3) is 0 Å². The van der Waals surface area contributed by atoms with Crippen LogP contribution in [0.1, 0.15) is 52.3 Å². The van der Waals surface area contributed by atoms with Gasteiger partial charge in [-0.15, -0.1) is 0 Å². The molecule has 1 aliphatic rings. The Morgan fingerprint density at radius 3 is 2.70 bits per heavy atom. The van der Waals surface area contributed by atoms with Gasteiger partial charge in [0.2, 0.25) is 11.8 Å². The maximum Gasteiger partial charge on any atom is 0.227 e. The summed E-state index contributed by atoms with van der Waals surface area (Å²) in [5, 5.41) is 4.00. The fourth-order valence-electron chi connectivity index (χ4n) is 3.15. The molecular formula is C17H30N4O2. The summed E-state index contributed by atoms with van der Waals surface area (Å²) in [6.45, 7) is 10.4. The lowest BCUT2D eigenvalue weighted by Gasteiger charge is -2.40. The van der Waals surface area contributed by atoms with Gasteiger partial charge >= 0.3 is 0 Å². The monoisotopic (exact) mass is 322 g/mol. The van der Waals surface area contributed by atoms with E-state index in [0.29, 0.717) is 36.5 Å². The molecule has 1 fully saturated rings. The van der Waals surface area contributed by atoms with Crippen molar-refractivity contribution in [2.45, 2.75) is 58.4 Å². The Labute approximate surface area is 139 Å². The summed E-state index contributed by atoms with van der Waals surface area (Å²) < 4.78 is 5.26. The van der Waals surface area contributed by atoms with E-state index in [2.05, 4.69) is 29.0 Å². The summed E-state index contributed by atoms with van der Waals surface area (Å²) in [5.74, 6) is 1.89. The number of piperidine rings is 1. The maximum absolute atomic E-state index is 12.5. The molecule has 0 bridgehead atoms. The highest BCUT2D eigenvalue weighted by molar-refractivity contribution is 5.76. The first-order chi connectivity index (χ1) is 10.7. The zero-order valence-corrected chi connectivity index (χ0v) is 15.3. The molecule has 6 heteroatoms. The second kappa shape index (κ2) is 6.99.